The van der Waals surface area contributed by atoms with Gasteiger partial charge in [-0.25, -0.2) is 0 Å². The standard InChI is InChI=1S/C12H22N2O2/c1-3-13-6-8-14(9-7-13)11(10-4-5-10)12(15)16-2/h10-11H,3-9H2,1-2H3. The van der Waals surface area contributed by atoms with Gasteiger partial charge in [-0.2, -0.15) is 0 Å². The van der Waals surface area contributed by atoms with Gasteiger partial charge in [0.15, 0.2) is 0 Å². The van der Waals surface area contributed by atoms with E-state index in [1.807, 2.05) is 0 Å². The summed E-state index contributed by atoms with van der Waals surface area (Å²) in [4.78, 5) is 16.5. The van der Waals surface area contributed by atoms with Gasteiger partial charge in [-0.3, -0.25) is 9.69 Å². The first-order valence-electron chi connectivity index (χ1n) is 6.30. The maximum absolute atomic E-state index is 11.8. The van der Waals surface area contributed by atoms with Crippen molar-refractivity contribution in [2.75, 3.05) is 39.8 Å². The van der Waals surface area contributed by atoms with Crippen LogP contribution in [-0.2, 0) is 9.53 Å². The first-order chi connectivity index (χ1) is 7.76. The van der Waals surface area contributed by atoms with Crippen molar-refractivity contribution in [3.05, 3.63) is 0 Å². The number of rotatable bonds is 4. The van der Waals surface area contributed by atoms with Crippen molar-refractivity contribution in [2.45, 2.75) is 25.8 Å². The third-order valence-corrected chi connectivity index (χ3v) is 3.76. The quantitative estimate of drug-likeness (QED) is 0.656. The summed E-state index contributed by atoms with van der Waals surface area (Å²) in [5, 5.41) is 0. The second-order valence-electron chi connectivity index (χ2n) is 4.78. The third kappa shape index (κ3) is 2.55. The average molecular weight is 226 g/mol. The highest BCUT2D eigenvalue weighted by Crippen LogP contribution is 2.36. The van der Waals surface area contributed by atoms with Gasteiger partial charge in [-0.05, 0) is 25.3 Å². The van der Waals surface area contributed by atoms with Crippen molar-refractivity contribution in [1.82, 2.24) is 9.80 Å². The number of esters is 1. The lowest BCUT2D eigenvalue weighted by atomic mass is 10.1. The van der Waals surface area contributed by atoms with E-state index in [0.717, 1.165) is 32.7 Å². The van der Waals surface area contributed by atoms with Crippen molar-refractivity contribution in [2.24, 2.45) is 5.92 Å². The molecule has 4 heteroatoms. The summed E-state index contributed by atoms with van der Waals surface area (Å²) < 4.78 is 4.93. The number of nitrogens with zero attached hydrogens (tertiary/aromatic N) is 2. The highest BCUT2D eigenvalue weighted by atomic mass is 16.5. The molecule has 2 fully saturated rings. The average Bonchev–Trinajstić information content (AvgIpc) is 3.14. The Labute approximate surface area is 97.5 Å². The molecule has 0 N–H and O–H groups in total. The second kappa shape index (κ2) is 5.15. The lowest BCUT2D eigenvalue weighted by molar-refractivity contribution is -0.148. The van der Waals surface area contributed by atoms with Crippen LogP contribution >= 0.6 is 0 Å². The van der Waals surface area contributed by atoms with Crippen LogP contribution in [-0.4, -0.2) is 61.6 Å². The smallest absolute Gasteiger partial charge is 0.323 e. The van der Waals surface area contributed by atoms with Crippen LogP contribution in [0.25, 0.3) is 0 Å². The van der Waals surface area contributed by atoms with Crippen LogP contribution < -0.4 is 0 Å². The first kappa shape index (κ1) is 11.9. The monoisotopic (exact) mass is 226 g/mol. The molecular weight excluding hydrogens is 204 g/mol. The Morgan fingerprint density at radius 3 is 2.38 bits per heavy atom. The molecule has 1 aliphatic heterocycles. The normalized spacial score (nSPS) is 25.4. The molecule has 0 aromatic rings. The third-order valence-electron chi connectivity index (χ3n) is 3.76. The molecule has 1 unspecified atom stereocenters. The van der Waals surface area contributed by atoms with Crippen molar-refractivity contribution in [1.29, 1.82) is 0 Å². The van der Waals surface area contributed by atoms with E-state index in [0.29, 0.717) is 5.92 Å². The summed E-state index contributed by atoms with van der Waals surface area (Å²) in [5.41, 5.74) is 0. The molecule has 0 bridgehead atoms. The first-order valence-corrected chi connectivity index (χ1v) is 6.30. The van der Waals surface area contributed by atoms with Crippen LogP contribution in [0.1, 0.15) is 19.8 Å². The Bertz CT molecular complexity index is 245. The molecule has 92 valence electrons. The predicted octanol–water partition coefficient (Wildman–Crippen LogP) is 0.575. The Balaban J connectivity index is 1.91. The van der Waals surface area contributed by atoms with Gasteiger partial charge in [-0.1, -0.05) is 6.92 Å². The highest BCUT2D eigenvalue weighted by molar-refractivity contribution is 5.76. The van der Waals surface area contributed by atoms with Gasteiger partial charge in [-0.15, -0.1) is 0 Å². The number of carbonyl (C=O) groups excluding carboxylic acids is 1. The fraction of sp³-hybridized carbons (Fsp3) is 0.917. The van der Waals surface area contributed by atoms with Crippen molar-refractivity contribution in [3.63, 3.8) is 0 Å². The van der Waals surface area contributed by atoms with Crippen LogP contribution in [0.3, 0.4) is 0 Å². The fourth-order valence-corrected chi connectivity index (χ4v) is 2.53. The Morgan fingerprint density at radius 2 is 1.94 bits per heavy atom. The van der Waals surface area contributed by atoms with Crippen molar-refractivity contribution >= 4 is 5.97 Å². The Kier molecular flexibility index (Phi) is 3.82. The molecule has 0 aromatic carbocycles. The number of ether oxygens (including phenoxy) is 1. The van der Waals surface area contributed by atoms with Gasteiger partial charge in [0.2, 0.25) is 0 Å². The molecule has 4 nitrogen and oxygen atoms in total. The molecule has 1 atom stereocenters. The molecular formula is C12H22N2O2. The van der Waals surface area contributed by atoms with Gasteiger partial charge in [0.05, 0.1) is 7.11 Å². The van der Waals surface area contributed by atoms with E-state index in [-0.39, 0.29) is 12.0 Å². The molecule has 2 rings (SSSR count). The van der Waals surface area contributed by atoms with Gasteiger partial charge in [0, 0.05) is 26.2 Å². The maximum Gasteiger partial charge on any atom is 0.323 e. The largest absolute Gasteiger partial charge is 0.468 e. The van der Waals surface area contributed by atoms with Gasteiger partial charge >= 0.3 is 5.97 Å². The van der Waals surface area contributed by atoms with Crippen LogP contribution in [0.4, 0.5) is 0 Å². The van der Waals surface area contributed by atoms with Crippen molar-refractivity contribution in [3.8, 4) is 0 Å². The maximum atomic E-state index is 11.8. The van der Waals surface area contributed by atoms with Crippen LogP contribution in [0, 0.1) is 5.92 Å². The number of hydrogen-bond donors (Lipinski definition) is 0. The summed E-state index contributed by atoms with van der Waals surface area (Å²) in [5.74, 6) is 0.521. The van der Waals surface area contributed by atoms with Gasteiger partial charge in [0.25, 0.3) is 0 Å². The second-order valence-corrected chi connectivity index (χ2v) is 4.78. The minimum atomic E-state index is -0.0348. The van der Waals surface area contributed by atoms with Crippen molar-refractivity contribution < 1.29 is 9.53 Å². The molecule has 0 spiro atoms. The number of carbonyl (C=O) groups is 1. The topological polar surface area (TPSA) is 32.8 Å². The summed E-state index contributed by atoms with van der Waals surface area (Å²) in [6, 6.07) is 0.0315. The Hall–Kier alpha value is -0.610. The molecule has 0 aromatic heterocycles. The predicted molar refractivity (Wildman–Crippen MR) is 62.2 cm³/mol. The molecule has 1 saturated heterocycles. The Morgan fingerprint density at radius 1 is 1.31 bits per heavy atom. The summed E-state index contributed by atoms with van der Waals surface area (Å²) in [6.07, 6.45) is 2.38. The lowest BCUT2D eigenvalue weighted by Gasteiger charge is -2.37. The van der Waals surface area contributed by atoms with E-state index < -0.39 is 0 Å². The van der Waals surface area contributed by atoms with E-state index in [1.165, 1.54) is 20.0 Å². The summed E-state index contributed by atoms with van der Waals surface area (Å²) in [6.45, 7) is 7.47. The molecule has 0 amide bonds. The fourth-order valence-electron chi connectivity index (χ4n) is 2.53. The summed E-state index contributed by atoms with van der Waals surface area (Å²) in [7, 11) is 1.50. The number of piperazine rings is 1. The van der Waals surface area contributed by atoms with E-state index in [2.05, 4.69) is 16.7 Å². The zero-order valence-corrected chi connectivity index (χ0v) is 10.3. The van der Waals surface area contributed by atoms with Gasteiger partial charge in [0.1, 0.15) is 6.04 Å². The number of hydrogen-bond acceptors (Lipinski definition) is 4. The van der Waals surface area contributed by atoms with Gasteiger partial charge < -0.3 is 9.64 Å². The SMILES string of the molecule is CCN1CCN(C(C(=O)OC)C2CC2)CC1. The van der Waals surface area contributed by atoms with E-state index in [4.69, 9.17) is 4.74 Å². The molecule has 2 aliphatic rings. The highest BCUT2D eigenvalue weighted by Gasteiger charge is 2.41. The van der Waals surface area contributed by atoms with Crippen LogP contribution in [0.2, 0.25) is 0 Å². The zero-order chi connectivity index (χ0) is 11.5. The molecule has 0 radical (unpaired) electrons. The molecule has 1 saturated carbocycles. The minimum absolute atomic E-state index is 0.0315. The van der Waals surface area contributed by atoms with E-state index >= 15 is 0 Å². The molecule has 1 aliphatic carbocycles. The van der Waals surface area contributed by atoms with E-state index in [1.54, 1.807) is 0 Å². The zero-order valence-electron chi connectivity index (χ0n) is 10.3. The van der Waals surface area contributed by atoms with Crippen LogP contribution in [0.5, 0.6) is 0 Å². The number of methoxy groups -OCH3 is 1. The molecule has 16 heavy (non-hydrogen) atoms. The molecule has 1 heterocycles. The minimum Gasteiger partial charge on any atom is -0.468 e. The summed E-state index contributed by atoms with van der Waals surface area (Å²) >= 11 is 0. The van der Waals surface area contributed by atoms with E-state index in [9.17, 15) is 4.79 Å². The lowest BCUT2D eigenvalue weighted by Crippen LogP contribution is -2.53. The number of likely N-dealkylation sites (N-methyl/N-ethyl adjacent to an activating group) is 1. The van der Waals surface area contributed by atoms with Crippen LogP contribution in [0.15, 0.2) is 0 Å².